The number of rotatable bonds is 23. The van der Waals surface area contributed by atoms with Crippen molar-refractivity contribution in [1.29, 1.82) is 0 Å². The fraction of sp³-hybridized carbons (Fsp3) is 0.686. The molecule has 0 aromatic heterocycles. The Kier molecular flexibility index (Phi) is 17.6. The Bertz CT molecular complexity index is 1570. The highest BCUT2D eigenvalue weighted by Crippen LogP contribution is 2.64. The maximum absolute atomic E-state index is 14.9. The van der Waals surface area contributed by atoms with Gasteiger partial charge >= 0.3 is 47.6 Å². The Morgan fingerprint density at radius 2 is 1.19 bits per heavy atom. The maximum Gasteiger partial charge on any atom is 0.460 e. The van der Waals surface area contributed by atoms with Crippen molar-refractivity contribution in [2.75, 3.05) is 13.2 Å². The number of carbonyl (C=O) groups excluding carboxylic acids is 1. The minimum absolute atomic E-state index is 0.181. The summed E-state index contributed by atoms with van der Waals surface area (Å²) in [5.74, 6) is -57.5. The van der Waals surface area contributed by atoms with Crippen LogP contribution in [0.25, 0.3) is 0 Å². The van der Waals surface area contributed by atoms with Crippen molar-refractivity contribution >= 4 is 14.2 Å². The second-order valence-electron chi connectivity index (χ2n) is 14.4. The molecule has 3 N–H and O–H groups in total. The van der Waals surface area contributed by atoms with Gasteiger partial charge in [0.1, 0.15) is 12.4 Å². The van der Waals surface area contributed by atoms with Crippen molar-refractivity contribution in [2.45, 2.75) is 132 Å². The Morgan fingerprint density at radius 3 is 1.63 bits per heavy atom. The molecule has 59 heavy (non-hydrogen) atoms. The molecule has 1 amide bonds. The summed E-state index contributed by atoms with van der Waals surface area (Å²) in [5, 5.41) is 19.3. The lowest BCUT2D eigenvalue weighted by Crippen LogP contribution is -2.74. The van der Waals surface area contributed by atoms with Crippen LogP contribution in [0.1, 0.15) is 72.5 Å². The first kappa shape index (κ1) is 53.9. The third-order valence-electron chi connectivity index (χ3n) is 9.69. The van der Waals surface area contributed by atoms with Gasteiger partial charge in [0.05, 0.1) is 12.7 Å². The van der Waals surface area contributed by atoms with E-state index in [9.17, 15) is 84.5 Å². The predicted molar refractivity (Wildman–Crippen MR) is 180 cm³/mol. The largest absolute Gasteiger partial charge is 0.491 e. The zero-order chi connectivity index (χ0) is 46.4. The number of hydroxylamine groups is 1. The molecule has 0 heterocycles. The van der Waals surface area contributed by atoms with E-state index < -0.39 is 98.1 Å². The fourth-order valence-electron chi connectivity index (χ4n) is 5.91. The lowest BCUT2D eigenvalue weighted by atomic mass is 9.88. The monoisotopic (exact) mass is 909 g/mol. The zero-order valence-corrected chi connectivity index (χ0v) is 33.1. The van der Waals surface area contributed by atoms with Crippen molar-refractivity contribution in [3.8, 4) is 5.75 Å². The van der Waals surface area contributed by atoms with E-state index in [0.29, 0.717) is 24.0 Å². The van der Waals surface area contributed by atoms with E-state index >= 15 is 0 Å². The summed E-state index contributed by atoms with van der Waals surface area (Å²) in [6.45, 7) is 7.86. The van der Waals surface area contributed by atoms with Gasteiger partial charge in [-0.15, -0.1) is 0 Å². The normalized spacial score (nSPS) is 15.9. The highest BCUT2D eigenvalue weighted by molar-refractivity contribution is 6.76. The number of halogens is 17. The number of carbonyl (C=O) groups is 1. The average molecular weight is 910 g/mol. The standard InChI is InChI=1S/C35H44F17NO5Si/c1-20(2)59(21(3)4,58-17-16-57-25-13-11-24(12-14-25)27(55)23(6)10-8-7-9-22(5)19-26(54)53-56)18-15-28(36,37)29(38,39)30(40,41)31(42,43)32(44,45)33(46,47)34(48,49)35(50,51)52/h7,9,11-14,19-21,23,27,55-56H,8,10,15-18H2,1-6H3,(H,53,54)/b9-7+,22-19+/t23-,27-/m1/s1. The Labute approximate surface area is 328 Å². The van der Waals surface area contributed by atoms with E-state index in [1.54, 1.807) is 26.0 Å². The first-order valence-electron chi connectivity index (χ1n) is 17.5. The predicted octanol–water partition coefficient (Wildman–Crippen LogP) is 11.7. The van der Waals surface area contributed by atoms with Crippen LogP contribution >= 0.6 is 0 Å². The number of alkyl halides is 17. The number of allylic oxidation sites excluding steroid dienone is 3. The topological polar surface area (TPSA) is 88.0 Å². The first-order valence-corrected chi connectivity index (χ1v) is 19.8. The van der Waals surface area contributed by atoms with Gasteiger partial charge in [-0.25, -0.2) is 5.48 Å². The Morgan fingerprint density at radius 1 is 0.729 bits per heavy atom. The number of hydrogen-bond donors (Lipinski definition) is 3. The Hall–Kier alpha value is -3.12. The molecule has 342 valence electrons. The van der Waals surface area contributed by atoms with E-state index in [1.165, 1.54) is 57.4 Å². The van der Waals surface area contributed by atoms with E-state index in [4.69, 9.17) is 14.4 Å². The molecule has 6 nitrogen and oxygen atoms in total. The fourth-order valence-corrected chi connectivity index (χ4v) is 10.4. The van der Waals surface area contributed by atoms with E-state index in [0.717, 1.165) is 6.08 Å². The molecule has 0 spiro atoms. The van der Waals surface area contributed by atoms with Crippen LogP contribution in [0.3, 0.4) is 0 Å². The van der Waals surface area contributed by atoms with Crippen molar-refractivity contribution in [3.63, 3.8) is 0 Å². The summed E-state index contributed by atoms with van der Waals surface area (Å²) in [4.78, 5) is 11.1. The SMILES string of the molecule is CC(/C=C/CC[C@@H](C)[C@@H](O)c1ccc(OCCO[Si](CCC(F)(F)C(F)(F)C(F)(F)C(F)(F)C(F)(F)C(F)(F)C(F)(F)C(F)(F)F)(C(C)C)C(C)C)cc1)=C\C(=O)NO. The molecule has 0 aliphatic carbocycles. The minimum Gasteiger partial charge on any atom is -0.491 e. The average Bonchev–Trinajstić information content (AvgIpc) is 3.11. The minimum atomic E-state index is -8.68. The van der Waals surface area contributed by atoms with Gasteiger partial charge < -0.3 is 14.3 Å². The molecule has 1 aromatic rings. The first-order chi connectivity index (χ1) is 26.5. The van der Waals surface area contributed by atoms with Crippen LogP contribution < -0.4 is 10.2 Å². The number of amides is 1. The van der Waals surface area contributed by atoms with Crippen LogP contribution in [0.5, 0.6) is 5.75 Å². The lowest BCUT2D eigenvalue weighted by molar-refractivity contribution is -0.461. The van der Waals surface area contributed by atoms with Gasteiger partial charge in [-0.2, -0.15) is 74.6 Å². The van der Waals surface area contributed by atoms with E-state index in [2.05, 4.69) is 0 Å². The summed E-state index contributed by atoms with van der Waals surface area (Å²) in [7, 11) is -3.95. The molecular weight excluding hydrogens is 865 g/mol. The third kappa shape index (κ3) is 11.0. The van der Waals surface area contributed by atoms with E-state index in [1.807, 2.05) is 0 Å². The number of nitrogens with one attached hydrogen (secondary N) is 1. The zero-order valence-electron chi connectivity index (χ0n) is 32.1. The van der Waals surface area contributed by atoms with Gasteiger partial charge in [0.15, 0.2) is 8.32 Å². The summed E-state index contributed by atoms with van der Waals surface area (Å²) < 4.78 is 246. The number of hydrogen-bond acceptors (Lipinski definition) is 5. The highest BCUT2D eigenvalue weighted by atomic mass is 28.4. The second kappa shape index (κ2) is 19.3. The molecule has 0 saturated carbocycles. The van der Waals surface area contributed by atoms with Gasteiger partial charge in [-0.1, -0.05) is 58.9 Å². The smallest absolute Gasteiger partial charge is 0.460 e. The van der Waals surface area contributed by atoms with Crippen LogP contribution in [0.15, 0.2) is 48.1 Å². The quantitative estimate of drug-likeness (QED) is 0.0194. The summed E-state index contributed by atoms with van der Waals surface area (Å²) in [6.07, 6.45) is -5.70. The van der Waals surface area contributed by atoms with Gasteiger partial charge in [0.25, 0.3) is 5.91 Å². The molecule has 0 radical (unpaired) electrons. The van der Waals surface area contributed by atoms with Crippen molar-refractivity contribution in [2.24, 2.45) is 5.92 Å². The molecular formula is C35H44F17NO5Si. The second-order valence-corrected chi connectivity index (χ2v) is 19.5. The summed E-state index contributed by atoms with van der Waals surface area (Å²) in [5.41, 5.74) is 0.785. The maximum atomic E-state index is 14.9. The van der Waals surface area contributed by atoms with Crippen LogP contribution in [0.2, 0.25) is 17.1 Å². The molecule has 1 aromatic carbocycles. The molecule has 1 rings (SSSR count). The molecule has 0 fully saturated rings. The van der Waals surface area contributed by atoms with E-state index in [-0.39, 0.29) is 18.3 Å². The van der Waals surface area contributed by atoms with Crippen LogP contribution in [-0.4, -0.2) is 85.4 Å². The molecule has 0 saturated heterocycles. The van der Waals surface area contributed by atoms with Crippen molar-refractivity contribution in [3.05, 3.63) is 53.6 Å². The van der Waals surface area contributed by atoms with Crippen LogP contribution in [0.4, 0.5) is 74.6 Å². The number of aliphatic hydroxyl groups excluding tert-OH is 1. The van der Waals surface area contributed by atoms with Gasteiger partial charge in [-0.05, 0) is 66.1 Å². The van der Waals surface area contributed by atoms with Crippen LogP contribution in [0, 0.1) is 5.92 Å². The van der Waals surface area contributed by atoms with Gasteiger partial charge in [-0.3, -0.25) is 10.0 Å². The number of ether oxygens (including phenoxy) is 1. The molecule has 2 atom stereocenters. The summed E-state index contributed by atoms with van der Waals surface area (Å²) in [6, 6.07) is 4.58. The van der Waals surface area contributed by atoms with Crippen LogP contribution in [-0.2, 0) is 9.22 Å². The Balaban J connectivity index is 3.12. The molecule has 0 aliphatic heterocycles. The van der Waals surface area contributed by atoms with Crippen molar-refractivity contribution < 1.29 is 98.9 Å². The molecule has 0 unspecified atom stereocenters. The van der Waals surface area contributed by atoms with Crippen molar-refractivity contribution in [1.82, 2.24) is 5.48 Å². The molecule has 0 bridgehead atoms. The summed E-state index contributed by atoms with van der Waals surface area (Å²) >= 11 is 0. The molecule has 24 heteroatoms. The third-order valence-corrected chi connectivity index (χ3v) is 15.4. The highest BCUT2D eigenvalue weighted by Gasteiger charge is 2.95. The molecule has 0 aliphatic rings. The van der Waals surface area contributed by atoms with Gasteiger partial charge in [0.2, 0.25) is 0 Å². The van der Waals surface area contributed by atoms with Gasteiger partial charge in [0, 0.05) is 12.5 Å². The lowest BCUT2D eigenvalue weighted by Gasteiger charge is -2.44. The number of aliphatic hydroxyl groups is 1. The number of benzene rings is 1.